The average Bonchev–Trinajstić information content (AvgIpc) is 2.77. The lowest BCUT2D eigenvalue weighted by Gasteiger charge is -2.50. The Bertz CT molecular complexity index is 1170. The zero-order chi connectivity index (χ0) is 22.0. The monoisotopic (exact) mass is 428 g/mol. The Morgan fingerprint density at radius 3 is 2.48 bits per heavy atom. The summed E-state index contributed by atoms with van der Waals surface area (Å²) in [4.78, 5) is 26.6. The molecule has 2 aromatic carbocycles. The summed E-state index contributed by atoms with van der Waals surface area (Å²) in [7, 11) is -1.76. The summed E-state index contributed by atoms with van der Waals surface area (Å²) in [5.74, 6) is -0.307. The molecule has 0 aromatic heterocycles. The highest BCUT2D eigenvalue weighted by atomic mass is 28.3. The van der Waals surface area contributed by atoms with Gasteiger partial charge in [-0.3, -0.25) is 9.59 Å². The predicted octanol–water partition coefficient (Wildman–Crippen LogP) is 5.57. The molecule has 5 rings (SSSR count). The molecule has 2 aromatic rings. The molecular weight excluding hydrogens is 400 g/mol. The minimum atomic E-state index is -1.76. The smallest absolute Gasteiger partial charge is 0.194 e. The molecule has 3 aliphatic rings. The largest absolute Gasteiger partial charge is 0.507 e. The second kappa shape index (κ2) is 6.89. The fourth-order valence-electron chi connectivity index (χ4n) is 5.92. The number of rotatable bonds is 2. The van der Waals surface area contributed by atoms with Crippen molar-refractivity contribution in [2.75, 3.05) is 0 Å². The summed E-state index contributed by atoms with van der Waals surface area (Å²) >= 11 is 0. The van der Waals surface area contributed by atoms with Crippen LogP contribution in [0.5, 0.6) is 5.75 Å². The summed E-state index contributed by atoms with van der Waals surface area (Å²) in [6.45, 7) is 7.35. The molecule has 0 heterocycles. The third-order valence-electron chi connectivity index (χ3n) is 8.31. The summed E-state index contributed by atoms with van der Waals surface area (Å²) in [5, 5.41) is 11.9. The summed E-state index contributed by atoms with van der Waals surface area (Å²) in [6, 6.07) is 15.7. The zero-order valence-corrected chi connectivity index (χ0v) is 19.4. The summed E-state index contributed by atoms with van der Waals surface area (Å²) < 4.78 is 0. The van der Waals surface area contributed by atoms with Gasteiger partial charge in [-0.1, -0.05) is 79.3 Å². The molecule has 0 saturated heterocycles. The van der Waals surface area contributed by atoms with E-state index in [1.165, 1.54) is 16.8 Å². The van der Waals surface area contributed by atoms with Gasteiger partial charge < -0.3 is 5.11 Å². The van der Waals surface area contributed by atoms with Gasteiger partial charge >= 0.3 is 0 Å². The first kappa shape index (κ1) is 20.2. The maximum atomic E-state index is 13.4. The van der Waals surface area contributed by atoms with E-state index in [9.17, 15) is 14.7 Å². The van der Waals surface area contributed by atoms with Crippen molar-refractivity contribution in [2.24, 2.45) is 5.92 Å². The Kier molecular flexibility index (Phi) is 4.49. The van der Waals surface area contributed by atoms with E-state index in [0.29, 0.717) is 23.1 Å². The first-order valence-corrected chi connectivity index (χ1v) is 14.1. The number of ketones is 2. The molecule has 158 valence electrons. The van der Waals surface area contributed by atoms with Crippen molar-refractivity contribution in [2.45, 2.75) is 50.7 Å². The molecule has 0 aliphatic heterocycles. The van der Waals surface area contributed by atoms with Crippen molar-refractivity contribution >= 4 is 24.8 Å². The maximum absolute atomic E-state index is 13.4. The molecule has 1 N–H and O–H groups in total. The van der Waals surface area contributed by atoms with Crippen molar-refractivity contribution < 1.29 is 14.7 Å². The Morgan fingerprint density at radius 2 is 1.74 bits per heavy atom. The lowest BCUT2D eigenvalue weighted by Crippen LogP contribution is -2.53. The minimum Gasteiger partial charge on any atom is -0.507 e. The van der Waals surface area contributed by atoms with E-state index in [-0.39, 0.29) is 33.8 Å². The number of phenols is 1. The first-order valence-electron chi connectivity index (χ1n) is 11.1. The van der Waals surface area contributed by atoms with E-state index in [1.54, 1.807) is 12.1 Å². The zero-order valence-electron chi connectivity index (χ0n) is 18.4. The quantitative estimate of drug-likeness (QED) is 0.502. The van der Waals surface area contributed by atoms with Crippen LogP contribution in [0.2, 0.25) is 18.1 Å². The van der Waals surface area contributed by atoms with Gasteiger partial charge in [-0.2, -0.15) is 0 Å². The molecule has 0 spiro atoms. The molecule has 3 aliphatic carbocycles. The molecule has 0 bridgehead atoms. The van der Waals surface area contributed by atoms with Crippen molar-refractivity contribution in [3.63, 3.8) is 0 Å². The lowest BCUT2D eigenvalue weighted by molar-refractivity contribution is 0.0958. The van der Waals surface area contributed by atoms with E-state index in [1.807, 2.05) is 0 Å². The van der Waals surface area contributed by atoms with E-state index in [2.05, 4.69) is 56.4 Å². The standard InChI is InChI=1S/C27H28O3Si/c1-27(31(2,3)18-8-5-4-6-9-18)15-14-19-17(16-27)12-13-21-23(19)25(29)20-10-7-11-22(28)24(20)26(21)30/h4-12,19,28H,13-16H2,1-3H3/t19-,27+/m0/s1. The lowest BCUT2D eigenvalue weighted by atomic mass is 9.66. The number of carbonyl (C=O) groups is 2. The molecular formula is C27H28O3Si. The molecule has 0 radical (unpaired) electrons. The fraction of sp³-hybridized carbons (Fsp3) is 0.333. The number of Topliss-reactive ketones (excluding diaryl/α,β-unsaturated/α-hetero) is 2. The number of aromatic hydroxyl groups is 1. The topological polar surface area (TPSA) is 54.4 Å². The van der Waals surface area contributed by atoms with Crippen LogP contribution in [0.4, 0.5) is 0 Å². The van der Waals surface area contributed by atoms with E-state index >= 15 is 0 Å². The van der Waals surface area contributed by atoms with Gasteiger partial charge in [-0.05, 0) is 36.8 Å². The van der Waals surface area contributed by atoms with Crippen LogP contribution in [0, 0.1) is 5.92 Å². The van der Waals surface area contributed by atoms with Crippen LogP contribution in [0.15, 0.2) is 71.3 Å². The number of fused-ring (bicyclic) bond motifs is 3. The van der Waals surface area contributed by atoms with E-state index < -0.39 is 8.07 Å². The fourth-order valence-corrected chi connectivity index (χ4v) is 9.06. The van der Waals surface area contributed by atoms with Gasteiger partial charge in [0.25, 0.3) is 0 Å². The van der Waals surface area contributed by atoms with Gasteiger partial charge in [-0.25, -0.2) is 0 Å². The minimum absolute atomic E-state index is 0.0318. The molecule has 1 saturated carbocycles. The molecule has 2 atom stereocenters. The normalized spacial score (nSPS) is 25.5. The summed E-state index contributed by atoms with van der Waals surface area (Å²) in [6.07, 6.45) is 5.62. The molecule has 0 unspecified atom stereocenters. The van der Waals surface area contributed by atoms with Gasteiger partial charge in [0.15, 0.2) is 11.6 Å². The number of benzene rings is 2. The van der Waals surface area contributed by atoms with Gasteiger partial charge in [0.2, 0.25) is 0 Å². The van der Waals surface area contributed by atoms with Crippen LogP contribution >= 0.6 is 0 Å². The average molecular weight is 429 g/mol. The SMILES string of the molecule is C[C@@]1([Si](C)(C)c2ccccc2)CC[C@H]2C(=CCC3=C2C(=O)c2cccc(O)c2C3=O)C1. The highest BCUT2D eigenvalue weighted by Gasteiger charge is 2.50. The van der Waals surface area contributed by atoms with E-state index in [0.717, 1.165) is 19.3 Å². The van der Waals surface area contributed by atoms with Crippen LogP contribution in [0.1, 0.15) is 53.3 Å². The first-order chi connectivity index (χ1) is 14.7. The number of phenolic OH excluding ortho intramolecular Hbond substituents is 1. The second-order valence-electron chi connectivity index (χ2n) is 10.1. The highest BCUT2D eigenvalue weighted by Crippen LogP contribution is 2.57. The molecule has 4 heteroatoms. The van der Waals surface area contributed by atoms with Crippen LogP contribution in [-0.4, -0.2) is 24.7 Å². The van der Waals surface area contributed by atoms with Crippen LogP contribution in [0.25, 0.3) is 0 Å². The van der Waals surface area contributed by atoms with Crippen molar-refractivity contribution in [1.29, 1.82) is 0 Å². The molecule has 3 nitrogen and oxygen atoms in total. The number of carbonyl (C=O) groups excluding carboxylic acids is 2. The Balaban J connectivity index is 1.50. The van der Waals surface area contributed by atoms with Gasteiger partial charge in [0, 0.05) is 22.6 Å². The summed E-state index contributed by atoms with van der Waals surface area (Å²) in [5.41, 5.74) is 3.16. The predicted molar refractivity (Wildman–Crippen MR) is 126 cm³/mol. The Morgan fingerprint density at radius 1 is 1.00 bits per heavy atom. The Hall–Kier alpha value is -2.72. The third kappa shape index (κ3) is 2.84. The molecule has 31 heavy (non-hydrogen) atoms. The van der Waals surface area contributed by atoms with Crippen molar-refractivity contribution in [3.05, 3.63) is 82.5 Å². The molecule has 0 amide bonds. The van der Waals surface area contributed by atoms with Gasteiger partial charge in [0.05, 0.1) is 13.6 Å². The molecule has 1 fully saturated rings. The second-order valence-corrected chi connectivity index (χ2v) is 15.1. The van der Waals surface area contributed by atoms with Crippen LogP contribution < -0.4 is 5.19 Å². The maximum Gasteiger partial charge on any atom is 0.194 e. The number of hydrogen-bond acceptors (Lipinski definition) is 3. The number of hydrogen-bond donors (Lipinski definition) is 1. The highest BCUT2D eigenvalue weighted by molar-refractivity contribution is 6.92. The Labute approximate surface area is 184 Å². The van der Waals surface area contributed by atoms with Crippen LogP contribution in [0.3, 0.4) is 0 Å². The third-order valence-corrected chi connectivity index (χ3v) is 13.5. The van der Waals surface area contributed by atoms with E-state index in [4.69, 9.17) is 0 Å². The van der Waals surface area contributed by atoms with Crippen LogP contribution in [-0.2, 0) is 0 Å². The van der Waals surface area contributed by atoms with Crippen molar-refractivity contribution in [1.82, 2.24) is 0 Å². The number of allylic oxidation sites excluding steroid dienone is 4. The van der Waals surface area contributed by atoms with Crippen molar-refractivity contribution in [3.8, 4) is 5.75 Å². The van der Waals surface area contributed by atoms with Gasteiger partial charge in [-0.15, -0.1) is 0 Å². The van der Waals surface area contributed by atoms with Gasteiger partial charge in [0.1, 0.15) is 5.75 Å².